The molecular formula is C20H23ClN2O2. The highest BCUT2D eigenvalue weighted by Crippen LogP contribution is 2.22. The maximum atomic E-state index is 12.2. The summed E-state index contributed by atoms with van der Waals surface area (Å²) in [5.41, 5.74) is 3.93. The fourth-order valence-electron chi connectivity index (χ4n) is 2.60. The molecule has 0 aromatic heterocycles. The third kappa shape index (κ3) is 5.61. The van der Waals surface area contributed by atoms with E-state index in [4.69, 9.17) is 11.6 Å². The molecule has 2 aromatic rings. The summed E-state index contributed by atoms with van der Waals surface area (Å²) in [5, 5.41) is 6.30. The van der Waals surface area contributed by atoms with Crippen LogP contribution in [-0.4, -0.2) is 11.8 Å². The van der Waals surface area contributed by atoms with Gasteiger partial charge in [0.05, 0.1) is 0 Å². The number of halogens is 1. The van der Waals surface area contributed by atoms with Crippen molar-refractivity contribution in [2.24, 2.45) is 0 Å². The Morgan fingerprint density at radius 1 is 0.920 bits per heavy atom. The summed E-state index contributed by atoms with van der Waals surface area (Å²) >= 11 is 5.83. The molecule has 0 aliphatic heterocycles. The van der Waals surface area contributed by atoms with Crippen molar-refractivity contribution >= 4 is 29.1 Å². The summed E-state index contributed by atoms with van der Waals surface area (Å²) in [6.07, 6.45) is 1.45. The van der Waals surface area contributed by atoms with Crippen LogP contribution in [0.1, 0.15) is 37.0 Å². The monoisotopic (exact) mass is 358 g/mol. The van der Waals surface area contributed by atoms with Crippen molar-refractivity contribution in [3.05, 3.63) is 64.2 Å². The lowest BCUT2D eigenvalue weighted by Crippen LogP contribution is -2.28. The summed E-state index contributed by atoms with van der Waals surface area (Å²) in [6.45, 7) is 4.46. The molecule has 2 N–H and O–H groups in total. The fraction of sp³-hybridized carbons (Fsp3) is 0.300. The predicted molar refractivity (Wildman–Crippen MR) is 102 cm³/mol. The molecule has 0 unspecified atom stereocenters. The van der Waals surface area contributed by atoms with E-state index in [1.165, 1.54) is 0 Å². The van der Waals surface area contributed by atoms with Gasteiger partial charge in [-0.05, 0) is 41.7 Å². The van der Waals surface area contributed by atoms with Gasteiger partial charge in [-0.3, -0.25) is 9.59 Å². The molecule has 4 nitrogen and oxygen atoms in total. The van der Waals surface area contributed by atoms with E-state index in [0.717, 1.165) is 35.2 Å². The lowest BCUT2D eigenvalue weighted by atomic mass is 10.0. The van der Waals surface area contributed by atoms with Crippen molar-refractivity contribution in [2.45, 2.75) is 39.7 Å². The van der Waals surface area contributed by atoms with E-state index >= 15 is 0 Å². The molecule has 0 spiro atoms. The first kappa shape index (κ1) is 19.0. The molecule has 2 amide bonds. The van der Waals surface area contributed by atoms with Gasteiger partial charge in [-0.1, -0.05) is 55.8 Å². The maximum absolute atomic E-state index is 12.2. The molecule has 0 saturated heterocycles. The molecule has 0 atom stereocenters. The Labute approximate surface area is 153 Å². The molecule has 0 radical (unpaired) electrons. The molecule has 2 aromatic carbocycles. The van der Waals surface area contributed by atoms with Gasteiger partial charge in [-0.25, -0.2) is 0 Å². The quantitative estimate of drug-likeness (QED) is 0.732. The van der Waals surface area contributed by atoms with Gasteiger partial charge in [0.15, 0.2) is 0 Å². The number of nitrogens with one attached hydrogen (secondary N) is 2. The Balaban J connectivity index is 1.91. The molecule has 5 heteroatoms. The summed E-state index contributed by atoms with van der Waals surface area (Å²) < 4.78 is 0. The Morgan fingerprint density at radius 3 is 2.08 bits per heavy atom. The number of para-hydroxylation sites is 1. The Bertz CT molecular complexity index is 720. The van der Waals surface area contributed by atoms with Crippen molar-refractivity contribution in [2.75, 3.05) is 5.32 Å². The number of carbonyl (C=O) groups is 2. The molecule has 0 aliphatic carbocycles. The third-order valence-corrected chi connectivity index (χ3v) is 4.24. The number of hydrogen-bond acceptors (Lipinski definition) is 2. The van der Waals surface area contributed by atoms with Gasteiger partial charge in [-0.15, -0.1) is 0 Å². The summed E-state index contributed by atoms with van der Waals surface area (Å²) in [5.74, 6) is -0.608. The maximum Gasteiger partial charge on any atom is 0.233 e. The van der Waals surface area contributed by atoms with Crippen LogP contribution in [0.15, 0.2) is 42.5 Å². The number of carbonyl (C=O) groups excluding carboxylic acids is 2. The second-order valence-corrected chi connectivity index (χ2v) is 6.22. The van der Waals surface area contributed by atoms with Crippen LogP contribution in [0, 0.1) is 0 Å². The van der Waals surface area contributed by atoms with Crippen LogP contribution in [0.4, 0.5) is 5.69 Å². The lowest BCUT2D eigenvalue weighted by Gasteiger charge is -2.14. The van der Waals surface area contributed by atoms with Crippen molar-refractivity contribution < 1.29 is 9.59 Å². The average Bonchev–Trinajstić information content (AvgIpc) is 2.61. The van der Waals surface area contributed by atoms with Crippen molar-refractivity contribution in [1.29, 1.82) is 0 Å². The van der Waals surface area contributed by atoms with Gasteiger partial charge in [0, 0.05) is 17.3 Å². The Kier molecular flexibility index (Phi) is 7.02. The van der Waals surface area contributed by atoms with Crippen LogP contribution in [0.2, 0.25) is 5.02 Å². The van der Waals surface area contributed by atoms with Gasteiger partial charge < -0.3 is 10.6 Å². The molecular weight excluding hydrogens is 336 g/mol. The van der Waals surface area contributed by atoms with E-state index in [1.54, 1.807) is 12.1 Å². The fourth-order valence-corrected chi connectivity index (χ4v) is 2.72. The molecule has 132 valence electrons. The minimum Gasteiger partial charge on any atom is -0.352 e. The summed E-state index contributed by atoms with van der Waals surface area (Å²) in [4.78, 5) is 24.2. The minimum atomic E-state index is -0.306. The lowest BCUT2D eigenvalue weighted by molar-refractivity contribution is -0.126. The SMILES string of the molecule is CCc1cccc(CC)c1NC(=O)CC(=O)NCc1ccc(Cl)cc1. The number of aryl methyl sites for hydroxylation is 2. The highest BCUT2D eigenvalue weighted by atomic mass is 35.5. The van der Waals surface area contributed by atoms with E-state index in [9.17, 15) is 9.59 Å². The van der Waals surface area contributed by atoms with Crippen molar-refractivity contribution in [1.82, 2.24) is 5.32 Å². The second-order valence-electron chi connectivity index (χ2n) is 5.79. The summed E-state index contributed by atoms with van der Waals surface area (Å²) in [6, 6.07) is 13.2. The molecule has 0 fully saturated rings. The minimum absolute atomic E-state index is 0.200. The smallest absolute Gasteiger partial charge is 0.233 e. The van der Waals surface area contributed by atoms with Crippen LogP contribution in [-0.2, 0) is 29.0 Å². The van der Waals surface area contributed by atoms with Crippen LogP contribution >= 0.6 is 11.6 Å². The molecule has 0 heterocycles. The van der Waals surface area contributed by atoms with E-state index in [0.29, 0.717) is 11.6 Å². The zero-order chi connectivity index (χ0) is 18.2. The van der Waals surface area contributed by atoms with Gasteiger partial charge in [0.2, 0.25) is 11.8 Å². The number of hydrogen-bond donors (Lipinski definition) is 2. The van der Waals surface area contributed by atoms with Crippen LogP contribution < -0.4 is 10.6 Å². The van der Waals surface area contributed by atoms with E-state index in [1.807, 2.05) is 44.2 Å². The topological polar surface area (TPSA) is 58.2 Å². The van der Waals surface area contributed by atoms with Crippen LogP contribution in [0.3, 0.4) is 0 Å². The number of rotatable bonds is 7. The van der Waals surface area contributed by atoms with Crippen molar-refractivity contribution in [3.8, 4) is 0 Å². The zero-order valence-corrected chi connectivity index (χ0v) is 15.3. The van der Waals surface area contributed by atoms with Gasteiger partial charge in [0.1, 0.15) is 6.42 Å². The van der Waals surface area contributed by atoms with Crippen molar-refractivity contribution in [3.63, 3.8) is 0 Å². The van der Waals surface area contributed by atoms with E-state index < -0.39 is 0 Å². The standard InChI is InChI=1S/C20H23ClN2O2/c1-3-15-6-5-7-16(4-2)20(15)23-19(25)12-18(24)22-13-14-8-10-17(21)11-9-14/h5-11H,3-4,12-13H2,1-2H3,(H,22,24)(H,23,25). The number of benzene rings is 2. The average molecular weight is 359 g/mol. The van der Waals surface area contributed by atoms with Crippen LogP contribution in [0.5, 0.6) is 0 Å². The van der Waals surface area contributed by atoms with Gasteiger partial charge in [-0.2, -0.15) is 0 Å². The molecule has 0 saturated carbocycles. The normalized spacial score (nSPS) is 10.4. The van der Waals surface area contributed by atoms with E-state index in [2.05, 4.69) is 10.6 Å². The highest BCUT2D eigenvalue weighted by Gasteiger charge is 2.13. The Hall–Kier alpha value is -2.33. The van der Waals surface area contributed by atoms with Gasteiger partial charge in [0.25, 0.3) is 0 Å². The largest absolute Gasteiger partial charge is 0.352 e. The molecule has 0 bridgehead atoms. The van der Waals surface area contributed by atoms with E-state index in [-0.39, 0.29) is 18.2 Å². The first-order valence-electron chi connectivity index (χ1n) is 8.45. The van der Waals surface area contributed by atoms with Gasteiger partial charge >= 0.3 is 0 Å². The molecule has 0 aliphatic rings. The first-order chi connectivity index (χ1) is 12.0. The number of amides is 2. The van der Waals surface area contributed by atoms with Crippen LogP contribution in [0.25, 0.3) is 0 Å². The summed E-state index contributed by atoms with van der Waals surface area (Å²) in [7, 11) is 0. The predicted octanol–water partition coefficient (Wildman–Crippen LogP) is 4.11. The molecule has 2 rings (SSSR count). The highest BCUT2D eigenvalue weighted by molar-refractivity contribution is 6.30. The Morgan fingerprint density at radius 2 is 1.52 bits per heavy atom. The third-order valence-electron chi connectivity index (χ3n) is 3.99. The molecule has 25 heavy (non-hydrogen) atoms. The number of anilines is 1. The second kappa shape index (κ2) is 9.23. The first-order valence-corrected chi connectivity index (χ1v) is 8.83. The zero-order valence-electron chi connectivity index (χ0n) is 14.6.